The predicted octanol–water partition coefficient (Wildman–Crippen LogP) is 17.2. The van der Waals surface area contributed by atoms with Crippen LogP contribution < -0.4 is 4.90 Å². The van der Waals surface area contributed by atoms with Crippen molar-refractivity contribution in [2.24, 2.45) is 0 Å². The van der Waals surface area contributed by atoms with Crippen LogP contribution in [-0.2, 0) is 5.41 Å². The van der Waals surface area contributed by atoms with E-state index in [9.17, 15) is 0 Å². The lowest BCUT2D eigenvalue weighted by Gasteiger charge is -2.40. The van der Waals surface area contributed by atoms with Crippen LogP contribution in [0.1, 0.15) is 22.3 Å². The third-order valence-corrected chi connectivity index (χ3v) is 15.2. The molecule has 4 heteroatoms. The van der Waals surface area contributed by atoms with Crippen LogP contribution in [0.5, 0.6) is 0 Å². The van der Waals surface area contributed by atoms with Gasteiger partial charge in [0.05, 0.1) is 16.4 Å². The molecule has 67 heavy (non-hydrogen) atoms. The first kappa shape index (κ1) is 38.0. The van der Waals surface area contributed by atoms with Crippen molar-refractivity contribution in [1.29, 1.82) is 0 Å². The first-order valence-corrected chi connectivity index (χ1v) is 23.7. The van der Waals surface area contributed by atoms with Gasteiger partial charge in [0.2, 0.25) is 0 Å². The van der Waals surface area contributed by atoms with Crippen LogP contribution in [0, 0.1) is 0 Å². The Bertz CT molecular complexity index is 3860. The van der Waals surface area contributed by atoms with E-state index >= 15 is 0 Å². The second kappa shape index (κ2) is 14.9. The summed E-state index contributed by atoms with van der Waals surface area (Å²) in [6.07, 6.45) is 0. The smallest absolute Gasteiger partial charge is 0.143 e. The highest BCUT2D eigenvalue weighted by Gasteiger charge is 2.50. The van der Waals surface area contributed by atoms with Gasteiger partial charge in [0, 0.05) is 59.8 Å². The number of para-hydroxylation sites is 3. The number of hydrogen-bond acceptors (Lipinski definition) is 3. The summed E-state index contributed by atoms with van der Waals surface area (Å²) in [7, 11) is 0. The van der Waals surface area contributed by atoms with Gasteiger partial charge in [-0.05, 0) is 118 Å². The van der Waals surface area contributed by atoms with Crippen molar-refractivity contribution in [2.45, 2.75) is 15.2 Å². The Morgan fingerprint density at radius 2 is 0.955 bits per heavy atom. The summed E-state index contributed by atoms with van der Waals surface area (Å²) in [6.45, 7) is 0. The van der Waals surface area contributed by atoms with E-state index in [1.165, 1.54) is 65.0 Å². The molecule has 14 rings (SSSR count). The van der Waals surface area contributed by atoms with E-state index in [1.54, 1.807) is 0 Å². The minimum Gasteiger partial charge on any atom is -0.455 e. The summed E-state index contributed by atoms with van der Waals surface area (Å²) >= 11 is 1.88. The van der Waals surface area contributed by atoms with E-state index in [0.29, 0.717) is 0 Å². The van der Waals surface area contributed by atoms with Crippen LogP contribution in [-0.4, -0.2) is 4.57 Å². The minimum absolute atomic E-state index is 0.501. The van der Waals surface area contributed by atoms with Crippen LogP contribution in [0.3, 0.4) is 0 Å². The van der Waals surface area contributed by atoms with Gasteiger partial charge in [-0.15, -0.1) is 0 Å². The van der Waals surface area contributed by atoms with Crippen molar-refractivity contribution in [1.82, 2.24) is 4.57 Å². The monoisotopic (exact) mass is 872 g/mol. The Kier molecular flexibility index (Phi) is 8.43. The number of aromatic nitrogens is 1. The quantitative estimate of drug-likeness (QED) is 0.166. The number of anilines is 3. The number of hydrogen-bond donors (Lipinski definition) is 0. The average molecular weight is 873 g/mol. The van der Waals surface area contributed by atoms with Crippen molar-refractivity contribution in [3.05, 3.63) is 265 Å². The summed E-state index contributed by atoms with van der Waals surface area (Å²) in [4.78, 5) is 5.04. The standard InChI is InChI=1S/C63H40N2OS/c1-3-17-42(18-4-1)62-61(50-23-9-14-28-58(50)66-62)41-31-33-44(34-32-41)64(45-36-38-57-51(39-45)49-22-8-13-27-56(49)65(57)43-19-5-2-6-20-43)46-35-37-48-47-21-7-10-24-52(47)63(55(48)40-46)53-25-11-15-29-59(53)67-60-30-16-12-26-54(60)63/h1-40H. The molecule has 0 atom stereocenters. The number of furan rings is 1. The fraction of sp³-hybridized carbons (Fsp3) is 0.0159. The number of fused-ring (bicyclic) bond motifs is 13. The molecule has 3 heterocycles. The minimum atomic E-state index is -0.501. The fourth-order valence-electron chi connectivity index (χ4n) is 11.3. The third kappa shape index (κ3) is 5.60. The zero-order chi connectivity index (χ0) is 44.1. The molecular formula is C63H40N2OS. The van der Waals surface area contributed by atoms with E-state index in [1.807, 2.05) is 17.8 Å². The Morgan fingerprint density at radius 1 is 0.388 bits per heavy atom. The molecule has 0 saturated heterocycles. The molecule has 0 saturated carbocycles. The molecular weight excluding hydrogens is 833 g/mol. The molecule has 0 N–H and O–H groups in total. The molecule has 0 radical (unpaired) electrons. The maximum absolute atomic E-state index is 6.63. The van der Waals surface area contributed by atoms with E-state index in [0.717, 1.165) is 56.2 Å². The normalized spacial score (nSPS) is 13.1. The molecule has 1 aliphatic heterocycles. The van der Waals surface area contributed by atoms with Gasteiger partial charge in [0.15, 0.2) is 0 Å². The Labute approximate surface area is 392 Å². The molecule has 1 aliphatic carbocycles. The van der Waals surface area contributed by atoms with Crippen LogP contribution in [0.2, 0.25) is 0 Å². The Balaban J connectivity index is 1.01. The summed E-state index contributed by atoms with van der Waals surface area (Å²) in [6, 6.07) is 88.7. The molecule has 10 aromatic carbocycles. The van der Waals surface area contributed by atoms with Gasteiger partial charge in [-0.2, -0.15) is 0 Å². The second-order valence-electron chi connectivity index (χ2n) is 17.6. The van der Waals surface area contributed by atoms with Gasteiger partial charge in [0.1, 0.15) is 11.3 Å². The average Bonchev–Trinajstić information content (AvgIpc) is 4.04. The summed E-state index contributed by atoms with van der Waals surface area (Å²) in [5, 5.41) is 3.52. The fourth-order valence-corrected chi connectivity index (χ4v) is 12.5. The molecule has 1 spiro atoms. The highest BCUT2D eigenvalue weighted by atomic mass is 32.2. The van der Waals surface area contributed by atoms with Crippen molar-refractivity contribution in [2.75, 3.05) is 4.90 Å². The van der Waals surface area contributed by atoms with Crippen molar-refractivity contribution in [3.8, 4) is 39.3 Å². The molecule has 314 valence electrons. The largest absolute Gasteiger partial charge is 0.455 e. The molecule has 0 fully saturated rings. The third-order valence-electron chi connectivity index (χ3n) is 14.1. The zero-order valence-electron chi connectivity index (χ0n) is 36.3. The van der Waals surface area contributed by atoms with Crippen molar-refractivity contribution in [3.63, 3.8) is 0 Å². The second-order valence-corrected chi connectivity index (χ2v) is 18.6. The molecule has 3 nitrogen and oxygen atoms in total. The zero-order valence-corrected chi connectivity index (χ0v) is 37.1. The molecule has 0 bridgehead atoms. The molecule has 0 amide bonds. The van der Waals surface area contributed by atoms with E-state index < -0.39 is 5.41 Å². The van der Waals surface area contributed by atoms with Gasteiger partial charge in [-0.3, -0.25) is 0 Å². The SMILES string of the molecule is c1ccc(-c2oc3ccccc3c2-c2ccc(N(c3ccc4c(c3)C3(c5ccccc5Sc5ccccc53)c3ccccc3-4)c3ccc4c(c3)c3ccccc3n4-c3ccccc3)cc2)cc1. The van der Waals surface area contributed by atoms with Gasteiger partial charge < -0.3 is 13.9 Å². The summed E-state index contributed by atoms with van der Waals surface area (Å²) in [5.74, 6) is 0.876. The van der Waals surface area contributed by atoms with Gasteiger partial charge in [-0.1, -0.05) is 176 Å². The first-order valence-electron chi connectivity index (χ1n) is 22.9. The van der Waals surface area contributed by atoms with E-state index in [4.69, 9.17) is 4.42 Å². The molecule has 2 aliphatic rings. The lowest BCUT2D eigenvalue weighted by Crippen LogP contribution is -2.32. The molecule has 0 unspecified atom stereocenters. The summed E-state index contributed by atoms with van der Waals surface area (Å²) in [5.41, 5.74) is 18.2. The van der Waals surface area contributed by atoms with Crippen LogP contribution in [0.25, 0.3) is 72.0 Å². The number of rotatable bonds is 6. The summed E-state index contributed by atoms with van der Waals surface area (Å²) < 4.78 is 9.01. The molecule has 2 aromatic heterocycles. The lowest BCUT2D eigenvalue weighted by atomic mass is 9.67. The van der Waals surface area contributed by atoms with Crippen LogP contribution >= 0.6 is 11.8 Å². The lowest BCUT2D eigenvalue weighted by molar-refractivity contribution is 0.632. The predicted molar refractivity (Wildman–Crippen MR) is 278 cm³/mol. The van der Waals surface area contributed by atoms with E-state index in [2.05, 4.69) is 246 Å². The van der Waals surface area contributed by atoms with Crippen LogP contribution in [0.15, 0.2) is 257 Å². The van der Waals surface area contributed by atoms with Gasteiger partial charge >= 0.3 is 0 Å². The van der Waals surface area contributed by atoms with Gasteiger partial charge in [-0.25, -0.2) is 0 Å². The first-order chi connectivity index (χ1) is 33.2. The Hall–Kier alpha value is -8.31. The number of nitrogens with zero attached hydrogens (tertiary/aromatic N) is 2. The topological polar surface area (TPSA) is 21.3 Å². The highest BCUT2D eigenvalue weighted by Crippen LogP contribution is 2.63. The highest BCUT2D eigenvalue weighted by molar-refractivity contribution is 7.99. The van der Waals surface area contributed by atoms with Crippen LogP contribution in [0.4, 0.5) is 17.1 Å². The van der Waals surface area contributed by atoms with E-state index in [-0.39, 0.29) is 0 Å². The van der Waals surface area contributed by atoms with Crippen molar-refractivity contribution < 1.29 is 4.42 Å². The number of benzene rings is 10. The van der Waals surface area contributed by atoms with Gasteiger partial charge in [0.25, 0.3) is 0 Å². The maximum Gasteiger partial charge on any atom is 0.143 e. The van der Waals surface area contributed by atoms with Crippen molar-refractivity contribution >= 4 is 61.6 Å². The maximum atomic E-state index is 6.63. The Morgan fingerprint density at radius 3 is 1.73 bits per heavy atom. The molecule has 12 aromatic rings.